The van der Waals surface area contributed by atoms with Crippen LogP contribution in [-0.2, 0) is 9.53 Å². The van der Waals surface area contributed by atoms with Crippen molar-refractivity contribution >= 4 is 11.7 Å². The van der Waals surface area contributed by atoms with Gasteiger partial charge in [0, 0.05) is 12.1 Å². The fraction of sp³-hybridized carbons (Fsp3) is 0.714. The Morgan fingerprint density at radius 2 is 2.45 bits per heavy atom. The van der Waals surface area contributed by atoms with Gasteiger partial charge in [-0.2, -0.15) is 0 Å². The number of rotatable bonds is 1. The number of methoxy groups -OCH3 is 1. The Balaban J connectivity index is 2.65. The summed E-state index contributed by atoms with van der Waals surface area (Å²) >= 11 is 0. The number of aliphatic hydroxyl groups is 1. The smallest absolute Gasteiger partial charge is 0.333 e. The SMILES string of the molecule is COC(=O)[C@H]1N=C(C)C[C@@H]1O. The molecular weight excluding hydrogens is 146 g/mol. The molecule has 0 saturated carbocycles. The zero-order valence-electron chi connectivity index (χ0n) is 6.57. The van der Waals surface area contributed by atoms with Crippen LogP contribution in [0.25, 0.3) is 0 Å². The third-order valence-corrected chi connectivity index (χ3v) is 1.67. The lowest BCUT2D eigenvalue weighted by molar-refractivity contribution is -0.144. The van der Waals surface area contributed by atoms with Crippen LogP contribution in [0, 0.1) is 0 Å². The van der Waals surface area contributed by atoms with Crippen molar-refractivity contribution in [3.63, 3.8) is 0 Å². The number of carbonyl (C=O) groups is 1. The van der Waals surface area contributed by atoms with Crippen molar-refractivity contribution < 1.29 is 14.6 Å². The first-order valence-electron chi connectivity index (χ1n) is 3.44. The van der Waals surface area contributed by atoms with Gasteiger partial charge in [-0.1, -0.05) is 0 Å². The predicted octanol–water partition coefficient (Wildman–Crippen LogP) is -0.247. The number of hydrogen-bond donors (Lipinski definition) is 1. The maximum Gasteiger partial charge on any atom is 0.333 e. The highest BCUT2D eigenvalue weighted by Gasteiger charge is 2.32. The van der Waals surface area contributed by atoms with Crippen molar-refractivity contribution in [3.05, 3.63) is 0 Å². The van der Waals surface area contributed by atoms with E-state index in [2.05, 4.69) is 9.73 Å². The molecule has 4 nitrogen and oxygen atoms in total. The molecule has 0 aromatic rings. The van der Waals surface area contributed by atoms with Crippen LogP contribution in [0.1, 0.15) is 13.3 Å². The predicted molar refractivity (Wildman–Crippen MR) is 39.5 cm³/mol. The van der Waals surface area contributed by atoms with Crippen molar-refractivity contribution in [2.24, 2.45) is 4.99 Å². The second-order valence-corrected chi connectivity index (χ2v) is 2.60. The van der Waals surface area contributed by atoms with E-state index in [4.69, 9.17) is 0 Å². The van der Waals surface area contributed by atoms with Gasteiger partial charge in [-0.25, -0.2) is 4.79 Å². The molecule has 11 heavy (non-hydrogen) atoms. The second kappa shape index (κ2) is 3.00. The molecule has 0 bridgehead atoms. The molecule has 1 N–H and O–H groups in total. The Morgan fingerprint density at radius 1 is 1.82 bits per heavy atom. The first-order chi connectivity index (χ1) is 5.15. The lowest BCUT2D eigenvalue weighted by Gasteiger charge is -2.08. The number of aliphatic imine (C=N–C) groups is 1. The van der Waals surface area contributed by atoms with Crippen LogP contribution in [0.5, 0.6) is 0 Å². The minimum atomic E-state index is -0.694. The summed E-state index contributed by atoms with van der Waals surface area (Å²) in [6, 6.07) is -0.694. The first kappa shape index (κ1) is 8.20. The molecule has 0 aromatic heterocycles. The van der Waals surface area contributed by atoms with Crippen LogP contribution in [-0.4, -0.2) is 36.0 Å². The van der Waals surface area contributed by atoms with Crippen molar-refractivity contribution in [2.45, 2.75) is 25.5 Å². The average Bonchev–Trinajstić information content (AvgIpc) is 2.28. The van der Waals surface area contributed by atoms with Crippen LogP contribution in [0.15, 0.2) is 4.99 Å². The third-order valence-electron chi connectivity index (χ3n) is 1.67. The van der Waals surface area contributed by atoms with E-state index >= 15 is 0 Å². The number of esters is 1. The van der Waals surface area contributed by atoms with E-state index in [-0.39, 0.29) is 0 Å². The Labute approximate surface area is 64.9 Å². The first-order valence-corrected chi connectivity index (χ1v) is 3.44. The number of nitrogens with zero attached hydrogens (tertiary/aromatic N) is 1. The van der Waals surface area contributed by atoms with E-state index < -0.39 is 18.1 Å². The molecule has 2 atom stereocenters. The number of carbonyl (C=O) groups excluding carboxylic acids is 1. The van der Waals surface area contributed by atoms with Gasteiger partial charge in [-0.3, -0.25) is 4.99 Å². The molecule has 0 unspecified atom stereocenters. The number of ether oxygens (including phenoxy) is 1. The molecule has 1 rings (SSSR count). The quantitative estimate of drug-likeness (QED) is 0.534. The summed E-state index contributed by atoms with van der Waals surface area (Å²) in [5.41, 5.74) is 0.799. The van der Waals surface area contributed by atoms with Gasteiger partial charge < -0.3 is 9.84 Å². The second-order valence-electron chi connectivity index (χ2n) is 2.60. The lowest BCUT2D eigenvalue weighted by atomic mass is 10.1. The van der Waals surface area contributed by atoms with Crippen molar-refractivity contribution in [2.75, 3.05) is 7.11 Å². The molecule has 0 aromatic carbocycles. The van der Waals surface area contributed by atoms with E-state index in [1.54, 1.807) is 6.92 Å². The molecule has 1 aliphatic heterocycles. The molecule has 0 amide bonds. The van der Waals surface area contributed by atoms with Gasteiger partial charge in [0.05, 0.1) is 13.2 Å². The lowest BCUT2D eigenvalue weighted by Crippen LogP contribution is -2.29. The van der Waals surface area contributed by atoms with Crippen molar-refractivity contribution in [1.29, 1.82) is 0 Å². The summed E-state index contributed by atoms with van der Waals surface area (Å²) in [7, 11) is 1.29. The fourth-order valence-corrected chi connectivity index (χ4v) is 1.12. The maximum absolute atomic E-state index is 10.9. The van der Waals surface area contributed by atoms with E-state index in [1.807, 2.05) is 0 Å². The van der Waals surface area contributed by atoms with Crippen LogP contribution in [0.2, 0.25) is 0 Å². The van der Waals surface area contributed by atoms with Crippen LogP contribution < -0.4 is 0 Å². The van der Waals surface area contributed by atoms with Crippen LogP contribution >= 0.6 is 0 Å². The van der Waals surface area contributed by atoms with Crippen molar-refractivity contribution in [3.8, 4) is 0 Å². The highest BCUT2D eigenvalue weighted by Crippen LogP contribution is 2.14. The maximum atomic E-state index is 10.9. The zero-order chi connectivity index (χ0) is 8.43. The molecule has 62 valence electrons. The largest absolute Gasteiger partial charge is 0.467 e. The molecule has 4 heteroatoms. The summed E-state index contributed by atoms with van der Waals surface area (Å²) in [6.45, 7) is 1.78. The van der Waals surface area contributed by atoms with Gasteiger partial charge in [-0.05, 0) is 6.92 Å². The normalized spacial score (nSPS) is 29.9. The van der Waals surface area contributed by atoms with Gasteiger partial charge in [0.1, 0.15) is 0 Å². The van der Waals surface area contributed by atoms with E-state index in [1.165, 1.54) is 7.11 Å². The minimum Gasteiger partial charge on any atom is -0.467 e. The molecule has 1 heterocycles. The van der Waals surface area contributed by atoms with E-state index in [0.717, 1.165) is 5.71 Å². The molecule has 0 aliphatic carbocycles. The van der Waals surface area contributed by atoms with Crippen LogP contribution in [0.3, 0.4) is 0 Å². The Kier molecular flexibility index (Phi) is 2.24. The molecule has 0 spiro atoms. The summed E-state index contributed by atoms with van der Waals surface area (Å²) in [5, 5.41) is 9.25. The Morgan fingerprint density at radius 3 is 2.82 bits per heavy atom. The molecule has 0 fully saturated rings. The summed E-state index contributed by atoms with van der Waals surface area (Å²) in [4.78, 5) is 14.8. The molecule has 1 aliphatic rings. The highest BCUT2D eigenvalue weighted by molar-refractivity contribution is 5.90. The molecule has 0 saturated heterocycles. The molecule has 0 radical (unpaired) electrons. The van der Waals surface area contributed by atoms with Gasteiger partial charge in [0.25, 0.3) is 0 Å². The van der Waals surface area contributed by atoms with E-state index in [9.17, 15) is 9.90 Å². The number of aliphatic hydroxyl groups excluding tert-OH is 1. The zero-order valence-corrected chi connectivity index (χ0v) is 6.57. The standard InChI is InChI=1S/C7H11NO3/c1-4-3-5(9)6(8-4)7(10)11-2/h5-6,9H,3H2,1-2H3/t5-,6-/m0/s1. The van der Waals surface area contributed by atoms with Gasteiger partial charge in [-0.15, -0.1) is 0 Å². The van der Waals surface area contributed by atoms with Crippen LogP contribution in [0.4, 0.5) is 0 Å². The molecular formula is C7H11NO3. The highest BCUT2D eigenvalue weighted by atomic mass is 16.5. The minimum absolute atomic E-state index is 0.464. The third kappa shape index (κ3) is 1.57. The Hall–Kier alpha value is -0.900. The Bertz CT molecular complexity index is 200. The van der Waals surface area contributed by atoms with Gasteiger partial charge in [0.2, 0.25) is 0 Å². The van der Waals surface area contributed by atoms with Gasteiger partial charge >= 0.3 is 5.97 Å². The summed E-state index contributed by atoms with van der Waals surface area (Å²) < 4.78 is 4.45. The van der Waals surface area contributed by atoms with E-state index in [0.29, 0.717) is 6.42 Å². The fourth-order valence-electron chi connectivity index (χ4n) is 1.12. The van der Waals surface area contributed by atoms with Crippen molar-refractivity contribution in [1.82, 2.24) is 0 Å². The summed E-state index contributed by atoms with van der Waals surface area (Å²) in [5.74, 6) is -0.464. The monoisotopic (exact) mass is 157 g/mol. The van der Waals surface area contributed by atoms with Gasteiger partial charge in [0.15, 0.2) is 6.04 Å². The topological polar surface area (TPSA) is 58.9 Å². The average molecular weight is 157 g/mol. The summed E-state index contributed by atoms with van der Waals surface area (Å²) in [6.07, 6.45) is -0.220. The number of hydrogen-bond acceptors (Lipinski definition) is 4.